The Labute approximate surface area is 98.5 Å². The van der Waals surface area contributed by atoms with E-state index in [2.05, 4.69) is 26.2 Å². The lowest BCUT2D eigenvalue weighted by Gasteiger charge is -2.30. The molecule has 1 saturated heterocycles. The normalized spacial score (nSPS) is 20.5. The van der Waals surface area contributed by atoms with Crippen molar-refractivity contribution in [2.45, 2.75) is 52.5 Å². The zero-order chi connectivity index (χ0) is 12.2. The van der Waals surface area contributed by atoms with Gasteiger partial charge in [-0.15, -0.1) is 0 Å². The number of nitrogens with zero attached hydrogens (tertiary/aromatic N) is 1. The van der Waals surface area contributed by atoms with Crippen LogP contribution in [0.25, 0.3) is 0 Å². The van der Waals surface area contributed by atoms with Gasteiger partial charge in [-0.05, 0) is 18.3 Å². The second kappa shape index (κ2) is 5.64. The van der Waals surface area contributed by atoms with Crippen LogP contribution in [0.3, 0.4) is 0 Å². The Hall–Kier alpha value is -0.610. The molecular weight excluding hydrogens is 202 g/mol. The molecule has 0 aromatic carbocycles. The molecule has 0 saturated carbocycles. The standard InChI is InChI=1S/C12H25N3O/c1-12(2,3)10(13)9-11(16)14-15-7-5-4-6-8-15/h10H,4-9,13H2,1-3H3,(H,14,16). The summed E-state index contributed by atoms with van der Waals surface area (Å²) in [4.78, 5) is 11.7. The van der Waals surface area contributed by atoms with Crippen molar-refractivity contribution in [3.8, 4) is 0 Å². The van der Waals surface area contributed by atoms with E-state index in [1.807, 2.05) is 5.01 Å². The van der Waals surface area contributed by atoms with Crippen LogP contribution in [0, 0.1) is 5.41 Å². The van der Waals surface area contributed by atoms with Gasteiger partial charge in [0.25, 0.3) is 0 Å². The summed E-state index contributed by atoms with van der Waals surface area (Å²) in [5.74, 6) is 0.0457. The molecule has 0 radical (unpaired) electrons. The first kappa shape index (κ1) is 13.5. The van der Waals surface area contributed by atoms with Gasteiger partial charge in [-0.3, -0.25) is 10.2 Å². The number of hydrazine groups is 1. The van der Waals surface area contributed by atoms with E-state index in [4.69, 9.17) is 5.73 Å². The lowest BCUT2D eigenvalue weighted by molar-refractivity contribution is -0.127. The highest BCUT2D eigenvalue weighted by molar-refractivity contribution is 5.76. The van der Waals surface area contributed by atoms with Crippen LogP contribution in [0.4, 0.5) is 0 Å². The summed E-state index contributed by atoms with van der Waals surface area (Å²) >= 11 is 0. The van der Waals surface area contributed by atoms with Crippen molar-refractivity contribution in [1.82, 2.24) is 10.4 Å². The van der Waals surface area contributed by atoms with E-state index in [0.717, 1.165) is 13.1 Å². The van der Waals surface area contributed by atoms with E-state index < -0.39 is 0 Å². The molecule has 4 nitrogen and oxygen atoms in total. The quantitative estimate of drug-likeness (QED) is 0.763. The second-order valence-corrected chi connectivity index (χ2v) is 5.76. The van der Waals surface area contributed by atoms with Crippen molar-refractivity contribution in [2.24, 2.45) is 11.1 Å². The van der Waals surface area contributed by atoms with Gasteiger partial charge in [-0.25, -0.2) is 5.01 Å². The number of carbonyl (C=O) groups is 1. The molecule has 1 rings (SSSR count). The van der Waals surface area contributed by atoms with E-state index in [9.17, 15) is 4.79 Å². The van der Waals surface area contributed by atoms with Crippen LogP contribution in [0.2, 0.25) is 0 Å². The molecule has 1 unspecified atom stereocenters. The van der Waals surface area contributed by atoms with Crippen molar-refractivity contribution in [3.63, 3.8) is 0 Å². The van der Waals surface area contributed by atoms with Crippen LogP contribution in [-0.4, -0.2) is 30.0 Å². The maximum absolute atomic E-state index is 11.7. The minimum atomic E-state index is -0.0858. The molecule has 1 heterocycles. The molecule has 4 heteroatoms. The number of piperidine rings is 1. The summed E-state index contributed by atoms with van der Waals surface area (Å²) in [7, 11) is 0. The molecule has 0 aliphatic carbocycles. The highest BCUT2D eigenvalue weighted by Gasteiger charge is 2.24. The Morgan fingerprint density at radius 2 is 1.88 bits per heavy atom. The van der Waals surface area contributed by atoms with Crippen LogP contribution in [0.15, 0.2) is 0 Å². The number of rotatable bonds is 3. The maximum atomic E-state index is 11.7. The SMILES string of the molecule is CC(C)(C)C(N)CC(=O)NN1CCCCC1. The molecule has 0 aromatic heterocycles. The van der Waals surface area contributed by atoms with Gasteiger partial charge in [0.05, 0.1) is 0 Å². The second-order valence-electron chi connectivity index (χ2n) is 5.76. The maximum Gasteiger partial charge on any atom is 0.235 e. The molecule has 1 aliphatic heterocycles. The summed E-state index contributed by atoms with van der Waals surface area (Å²) in [6, 6.07) is -0.0858. The fourth-order valence-electron chi connectivity index (χ4n) is 1.73. The molecule has 1 atom stereocenters. The minimum Gasteiger partial charge on any atom is -0.327 e. The monoisotopic (exact) mass is 227 g/mol. The summed E-state index contributed by atoms with van der Waals surface area (Å²) in [6.45, 7) is 8.12. The Morgan fingerprint density at radius 1 is 1.31 bits per heavy atom. The van der Waals surface area contributed by atoms with Gasteiger partial charge >= 0.3 is 0 Å². The molecular formula is C12H25N3O. The molecule has 3 N–H and O–H groups in total. The fraction of sp³-hybridized carbons (Fsp3) is 0.917. The summed E-state index contributed by atoms with van der Waals surface area (Å²) < 4.78 is 0. The zero-order valence-corrected chi connectivity index (χ0v) is 10.8. The minimum absolute atomic E-state index is 0.0146. The van der Waals surface area contributed by atoms with Crippen LogP contribution >= 0.6 is 0 Å². The first-order valence-corrected chi connectivity index (χ1v) is 6.19. The van der Waals surface area contributed by atoms with Gasteiger partial charge in [-0.2, -0.15) is 0 Å². The van der Waals surface area contributed by atoms with Crippen molar-refractivity contribution in [2.75, 3.05) is 13.1 Å². The van der Waals surface area contributed by atoms with E-state index in [-0.39, 0.29) is 17.4 Å². The van der Waals surface area contributed by atoms with Gasteiger partial charge in [-0.1, -0.05) is 27.2 Å². The topological polar surface area (TPSA) is 58.4 Å². The first-order valence-electron chi connectivity index (χ1n) is 6.19. The predicted octanol–water partition coefficient (Wildman–Crippen LogP) is 1.27. The van der Waals surface area contributed by atoms with E-state index in [0.29, 0.717) is 6.42 Å². The molecule has 0 spiro atoms. The molecule has 16 heavy (non-hydrogen) atoms. The van der Waals surface area contributed by atoms with E-state index in [1.165, 1.54) is 19.3 Å². The summed E-state index contributed by atoms with van der Waals surface area (Å²) in [6.07, 6.45) is 4.02. The molecule has 0 bridgehead atoms. The average Bonchev–Trinajstić information content (AvgIpc) is 2.17. The number of nitrogens with two attached hydrogens (primary N) is 1. The smallest absolute Gasteiger partial charge is 0.235 e. The third-order valence-electron chi connectivity index (χ3n) is 3.16. The Balaban J connectivity index is 2.29. The number of hydrogen-bond donors (Lipinski definition) is 2. The Kier molecular flexibility index (Phi) is 4.74. The lowest BCUT2D eigenvalue weighted by atomic mass is 9.85. The Bertz CT molecular complexity index is 229. The number of carbonyl (C=O) groups excluding carboxylic acids is 1. The molecule has 1 amide bonds. The van der Waals surface area contributed by atoms with Crippen molar-refractivity contribution >= 4 is 5.91 Å². The van der Waals surface area contributed by atoms with Crippen LogP contribution < -0.4 is 11.2 Å². The van der Waals surface area contributed by atoms with Crippen molar-refractivity contribution in [3.05, 3.63) is 0 Å². The van der Waals surface area contributed by atoms with E-state index in [1.54, 1.807) is 0 Å². The number of hydrogen-bond acceptors (Lipinski definition) is 3. The van der Waals surface area contributed by atoms with Gasteiger partial charge in [0, 0.05) is 25.6 Å². The van der Waals surface area contributed by atoms with E-state index >= 15 is 0 Å². The van der Waals surface area contributed by atoms with Crippen molar-refractivity contribution < 1.29 is 4.79 Å². The van der Waals surface area contributed by atoms with Crippen LogP contribution in [0.1, 0.15) is 46.5 Å². The van der Waals surface area contributed by atoms with Gasteiger partial charge in [0.1, 0.15) is 0 Å². The lowest BCUT2D eigenvalue weighted by Crippen LogP contribution is -2.48. The molecule has 1 fully saturated rings. The van der Waals surface area contributed by atoms with Gasteiger partial charge < -0.3 is 5.73 Å². The highest BCUT2D eigenvalue weighted by Crippen LogP contribution is 2.19. The molecule has 94 valence electrons. The molecule has 0 aromatic rings. The Morgan fingerprint density at radius 3 is 2.38 bits per heavy atom. The largest absolute Gasteiger partial charge is 0.327 e. The third-order valence-corrected chi connectivity index (χ3v) is 3.16. The molecule has 1 aliphatic rings. The third kappa shape index (κ3) is 4.49. The van der Waals surface area contributed by atoms with Gasteiger partial charge in [0.15, 0.2) is 0 Å². The summed E-state index contributed by atoms with van der Waals surface area (Å²) in [5, 5.41) is 2.02. The highest BCUT2D eigenvalue weighted by atomic mass is 16.2. The van der Waals surface area contributed by atoms with Gasteiger partial charge in [0.2, 0.25) is 5.91 Å². The summed E-state index contributed by atoms with van der Waals surface area (Å²) in [5.41, 5.74) is 8.90. The van der Waals surface area contributed by atoms with Crippen molar-refractivity contribution in [1.29, 1.82) is 0 Å². The van der Waals surface area contributed by atoms with Crippen LogP contribution in [-0.2, 0) is 4.79 Å². The first-order chi connectivity index (χ1) is 7.39. The predicted molar refractivity (Wildman–Crippen MR) is 65.6 cm³/mol. The average molecular weight is 227 g/mol. The fourth-order valence-corrected chi connectivity index (χ4v) is 1.73. The van der Waals surface area contributed by atoms with Crippen LogP contribution in [0.5, 0.6) is 0 Å². The number of nitrogens with one attached hydrogen (secondary N) is 1. The zero-order valence-electron chi connectivity index (χ0n) is 10.8. The number of amides is 1.